The summed E-state index contributed by atoms with van der Waals surface area (Å²) in [5, 5.41) is 22.2. The summed E-state index contributed by atoms with van der Waals surface area (Å²) in [4.78, 5) is -0.887. The molecule has 0 rings (SSSR count). The van der Waals surface area contributed by atoms with Gasteiger partial charge in [-0.1, -0.05) is 130 Å². The van der Waals surface area contributed by atoms with Gasteiger partial charge >= 0.3 is 23.1 Å². The minimum absolute atomic E-state index is 0. The van der Waals surface area contributed by atoms with Gasteiger partial charge in [-0.05, 0) is 25.7 Å². The van der Waals surface area contributed by atoms with Gasteiger partial charge in [-0.3, -0.25) is 0 Å². The molecule has 0 saturated heterocycles. The fraction of sp³-hybridized carbons (Fsp3) is 1.00. The molecule has 0 aromatic heterocycles. The molecule has 2 atom stereocenters. The van der Waals surface area contributed by atoms with Crippen molar-refractivity contribution in [3.05, 3.63) is 0 Å². The van der Waals surface area contributed by atoms with E-state index in [9.17, 15) is 10.2 Å². The molecule has 0 aromatic rings. The average Bonchev–Trinajstić information content (AvgIpc) is 2.81. The third-order valence-electron chi connectivity index (χ3n) is 6.43. The van der Waals surface area contributed by atoms with Crippen molar-refractivity contribution < 1.29 is 10.2 Å². The van der Waals surface area contributed by atoms with E-state index in [4.69, 9.17) is 23.2 Å². The molecule has 0 aliphatic heterocycles. The van der Waals surface area contributed by atoms with Crippen LogP contribution < -0.4 is 10.2 Å². The van der Waals surface area contributed by atoms with E-state index in [2.05, 4.69) is 27.7 Å². The Balaban J connectivity index is -0.000000529. The summed E-state index contributed by atoms with van der Waals surface area (Å²) < 4.78 is 0. The number of rotatable bonds is 22. The fourth-order valence-electron chi connectivity index (χ4n) is 3.97. The third-order valence-corrected chi connectivity index (χ3v) is 7.41. The third kappa shape index (κ3) is 26.1. The zero-order chi connectivity index (χ0) is 24.6. The second-order valence-corrected chi connectivity index (χ2v) is 11.4. The Kier molecular flexibility index (Phi) is 32.7. The Morgan fingerprint density at radius 1 is 0.424 bits per heavy atom. The Bertz CT molecular complexity index is 340. The van der Waals surface area contributed by atoms with E-state index in [0.717, 1.165) is 64.2 Å². The van der Waals surface area contributed by atoms with Gasteiger partial charge in [0.25, 0.3) is 0 Å². The first-order chi connectivity index (χ1) is 15.4. The van der Waals surface area contributed by atoms with Gasteiger partial charge < -0.3 is 10.2 Å². The molecule has 0 N–H and O–H groups in total. The van der Waals surface area contributed by atoms with Crippen LogP contribution >= 0.6 is 23.2 Å². The fourth-order valence-corrected chi connectivity index (χ4v) is 4.50. The van der Waals surface area contributed by atoms with Crippen LogP contribution in [0.25, 0.3) is 0 Å². The van der Waals surface area contributed by atoms with Crippen molar-refractivity contribution >= 4 is 46.3 Å². The molecule has 0 saturated carbocycles. The van der Waals surface area contributed by atoms with Crippen molar-refractivity contribution in [3.63, 3.8) is 0 Å². The molecule has 2 unspecified atom stereocenters. The molecule has 0 aliphatic carbocycles. The maximum atomic E-state index is 11.1. The van der Waals surface area contributed by atoms with Gasteiger partial charge in [0.2, 0.25) is 0 Å². The smallest absolute Gasteiger partial charge is 0.853 e. The quantitative estimate of drug-likeness (QED) is 0.0823. The van der Waals surface area contributed by atoms with Crippen LogP contribution in [0, 0.1) is 0 Å². The number of alkyl halides is 2. The van der Waals surface area contributed by atoms with E-state index >= 15 is 0 Å². The van der Waals surface area contributed by atoms with Crippen LogP contribution in [0.15, 0.2) is 0 Å². The molecule has 0 aliphatic rings. The van der Waals surface area contributed by atoms with Gasteiger partial charge in [0.1, 0.15) is 0 Å². The van der Waals surface area contributed by atoms with Crippen LogP contribution in [-0.4, -0.2) is 46.0 Å². The largest absolute Gasteiger partial charge is 2.00 e. The summed E-state index contributed by atoms with van der Waals surface area (Å²) in [6, 6.07) is 0. The summed E-state index contributed by atoms with van der Waals surface area (Å²) in [5.41, 5.74) is 0. The Morgan fingerprint density at radius 2 is 0.667 bits per heavy atom. The van der Waals surface area contributed by atoms with E-state index in [1.54, 1.807) is 0 Å². The predicted octanol–water partition coefficient (Wildman–Crippen LogP) is 8.15. The van der Waals surface area contributed by atoms with Crippen molar-refractivity contribution in [3.8, 4) is 0 Å². The predicted molar refractivity (Wildman–Crippen MR) is 148 cm³/mol. The number of hydrogen-bond donors (Lipinski definition) is 0. The number of hydrogen-bond acceptors (Lipinski definition) is 2. The molecule has 196 valence electrons. The standard InChI is InChI=1S/2C14H28ClO.Mg/c2*1-3-5-7-8-9-10-12-14(15,13-16)11-6-4-2;/h2*3-13H2,1-2H3;/q2*-1;+2. The van der Waals surface area contributed by atoms with Gasteiger partial charge in [0.15, 0.2) is 0 Å². The molecule has 0 radical (unpaired) electrons. The van der Waals surface area contributed by atoms with E-state index in [-0.39, 0.29) is 36.3 Å². The summed E-state index contributed by atoms with van der Waals surface area (Å²) in [5.74, 6) is 0. The summed E-state index contributed by atoms with van der Waals surface area (Å²) in [7, 11) is 0. The zero-order valence-electron chi connectivity index (χ0n) is 22.8. The van der Waals surface area contributed by atoms with Gasteiger partial charge in [0, 0.05) is 9.75 Å². The summed E-state index contributed by atoms with van der Waals surface area (Å²) in [6.07, 6.45) is 23.3. The van der Waals surface area contributed by atoms with Crippen molar-refractivity contribution in [2.45, 2.75) is 166 Å². The molecule has 5 heteroatoms. The average molecular weight is 520 g/mol. The Hall–Kier alpha value is 1.27. The van der Waals surface area contributed by atoms with Crippen LogP contribution in [0.2, 0.25) is 0 Å². The summed E-state index contributed by atoms with van der Waals surface area (Å²) in [6.45, 7) is 8.50. The number of halogens is 2. The van der Waals surface area contributed by atoms with Crippen molar-refractivity contribution in [1.29, 1.82) is 0 Å². The first-order valence-corrected chi connectivity index (χ1v) is 14.7. The van der Waals surface area contributed by atoms with Crippen LogP contribution in [0.3, 0.4) is 0 Å². The maximum Gasteiger partial charge on any atom is 2.00 e. The Labute approximate surface area is 234 Å². The van der Waals surface area contributed by atoms with Gasteiger partial charge in [-0.25, -0.2) is 0 Å². The van der Waals surface area contributed by atoms with E-state index in [1.807, 2.05) is 0 Å². The molecule has 0 amide bonds. The minimum atomic E-state index is -0.444. The Morgan fingerprint density at radius 3 is 0.939 bits per heavy atom. The van der Waals surface area contributed by atoms with Crippen molar-refractivity contribution in [2.75, 3.05) is 13.2 Å². The topological polar surface area (TPSA) is 46.1 Å². The van der Waals surface area contributed by atoms with E-state index in [0.29, 0.717) is 0 Å². The van der Waals surface area contributed by atoms with Gasteiger partial charge in [0.05, 0.1) is 0 Å². The molecule has 33 heavy (non-hydrogen) atoms. The second-order valence-electron chi connectivity index (χ2n) is 9.83. The first kappa shape index (κ1) is 38.8. The molecule has 0 spiro atoms. The maximum absolute atomic E-state index is 11.1. The van der Waals surface area contributed by atoms with Crippen LogP contribution in [-0.2, 0) is 0 Å². The minimum Gasteiger partial charge on any atom is -0.853 e. The molecular weight excluding hydrogens is 464 g/mol. The van der Waals surface area contributed by atoms with E-state index < -0.39 is 9.75 Å². The van der Waals surface area contributed by atoms with Crippen LogP contribution in [0.1, 0.15) is 156 Å². The van der Waals surface area contributed by atoms with Crippen LogP contribution in [0.4, 0.5) is 0 Å². The normalized spacial score (nSPS) is 14.5. The van der Waals surface area contributed by atoms with Gasteiger partial charge in [-0.15, -0.1) is 36.4 Å². The zero-order valence-corrected chi connectivity index (χ0v) is 25.8. The molecule has 2 nitrogen and oxygen atoms in total. The molecular formula is C28H56Cl2MgO2. The first-order valence-electron chi connectivity index (χ1n) is 13.9. The summed E-state index contributed by atoms with van der Waals surface area (Å²) >= 11 is 12.7. The SMILES string of the molecule is CCCCCCCCC(Cl)(C[O-])CCCC.CCCCCCCCC(Cl)(C[O-])CCCC.[Mg+2]. The van der Waals surface area contributed by atoms with E-state index in [1.165, 1.54) is 64.2 Å². The second kappa shape index (κ2) is 27.8. The monoisotopic (exact) mass is 518 g/mol. The van der Waals surface area contributed by atoms with Gasteiger partial charge in [-0.2, -0.15) is 0 Å². The molecule has 0 aromatic carbocycles. The van der Waals surface area contributed by atoms with Crippen molar-refractivity contribution in [2.24, 2.45) is 0 Å². The number of unbranched alkanes of at least 4 members (excludes halogenated alkanes) is 12. The molecule has 0 bridgehead atoms. The molecule has 0 fully saturated rings. The van der Waals surface area contributed by atoms with Crippen LogP contribution in [0.5, 0.6) is 0 Å². The molecule has 0 heterocycles. The van der Waals surface area contributed by atoms with Crippen molar-refractivity contribution in [1.82, 2.24) is 0 Å².